The SMILES string of the molecule is CC1CCC(C(C)C)C(=O)OC1. The lowest BCUT2D eigenvalue weighted by Crippen LogP contribution is -2.20. The summed E-state index contributed by atoms with van der Waals surface area (Å²) in [7, 11) is 0. The molecular formula is C10H18O2. The second-order valence-electron chi connectivity index (χ2n) is 4.16. The van der Waals surface area contributed by atoms with Crippen molar-refractivity contribution < 1.29 is 9.53 Å². The quantitative estimate of drug-likeness (QED) is 0.564. The summed E-state index contributed by atoms with van der Waals surface area (Å²) in [6, 6.07) is 0. The maximum atomic E-state index is 11.4. The van der Waals surface area contributed by atoms with Crippen molar-refractivity contribution in [1.29, 1.82) is 0 Å². The first kappa shape index (κ1) is 9.56. The molecule has 0 aromatic carbocycles. The number of carbonyl (C=O) groups excluding carboxylic acids is 1. The molecule has 1 rings (SSSR count). The minimum absolute atomic E-state index is 0.00866. The fraction of sp³-hybridized carbons (Fsp3) is 0.900. The molecule has 2 atom stereocenters. The van der Waals surface area contributed by atoms with Gasteiger partial charge in [-0.15, -0.1) is 0 Å². The van der Waals surface area contributed by atoms with E-state index in [1.807, 2.05) is 0 Å². The molecule has 2 heteroatoms. The standard InChI is InChI=1S/C10H18O2/c1-7(2)9-5-4-8(3)6-12-10(9)11/h7-9H,4-6H2,1-3H3. The number of rotatable bonds is 1. The molecule has 0 amide bonds. The van der Waals surface area contributed by atoms with Gasteiger partial charge in [-0.1, -0.05) is 20.8 Å². The summed E-state index contributed by atoms with van der Waals surface area (Å²) < 4.78 is 5.15. The second-order valence-corrected chi connectivity index (χ2v) is 4.16. The third kappa shape index (κ3) is 2.23. The molecule has 1 heterocycles. The molecule has 12 heavy (non-hydrogen) atoms. The predicted octanol–water partition coefficient (Wildman–Crippen LogP) is 2.23. The van der Waals surface area contributed by atoms with Crippen LogP contribution in [0.3, 0.4) is 0 Å². The lowest BCUT2D eigenvalue weighted by Gasteiger charge is -2.15. The third-order valence-corrected chi connectivity index (χ3v) is 2.59. The Kier molecular flexibility index (Phi) is 3.12. The van der Waals surface area contributed by atoms with Crippen molar-refractivity contribution in [2.24, 2.45) is 17.8 Å². The van der Waals surface area contributed by atoms with Crippen molar-refractivity contribution in [2.45, 2.75) is 33.6 Å². The van der Waals surface area contributed by atoms with Gasteiger partial charge in [-0.3, -0.25) is 4.79 Å². The number of esters is 1. The van der Waals surface area contributed by atoms with Crippen LogP contribution < -0.4 is 0 Å². The summed E-state index contributed by atoms with van der Waals surface area (Å²) in [5.41, 5.74) is 0. The van der Waals surface area contributed by atoms with Gasteiger partial charge in [-0.05, 0) is 24.7 Å². The Balaban J connectivity index is 2.56. The molecule has 0 saturated carbocycles. The minimum atomic E-state index is 0.00866. The molecule has 0 N–H and O–H groups in total. The monoisotopic (exact) mass is 170 g/mol. The zero-order chi connectivity index (χ0) is 9.14. The first-order chi connectivity index (χ1) is 5.61. The van der Waals surface area contributed by atoms with Crippen LogP contribution in [0.1, 0.15) is 33.6 Å². The van der Waals surface area contributed by atoms with Crippen LogP contribution in [-0.4, -0.2) is 12.6 Å². The van der Waals surface area contributed by atoms with E-state index in [0.29, 0.717) is 18.4 Å². The van der Waals surface area contributed by atoms with E-state index in [1.54, 1.807) is 0 Å². The Morgan fingerprint density at radius 2 is 2.08 bits per heavy atom. The minimum Gasteiger partial charge on any atom is -0.465 e. The summed E-state index contributed by atoms with van der Waals surface area (Å²) in [6.45, 7) is 6.92. The third-order valence-electron chi connectivity index (χ3n) is 2.59. The van der Waals surface area contributed by atoms with E-state index >= 15 is 0 Å². The number of carbonyl (C=O) groups is 1. The van der Waals surface area contributed by atoms with Gasteiger partial charge in [0.05, 0.1) is 12.5 Å². The van der Waals surface area contributed by atoms with Gasteiger partial charge in [-0.25, -0.2) is 0 Å². The average Bonchev–Trinajstić information content (AvgIpc) is 2.14. The summed E-state index contributed by atoms with van der Waals surface area (Å²) in [6.07, 6.45) is 2.12. The fourth-order valence-corrected chi connectivity index (χ4v) is 1.60. The van der Waals surface area contributed by atoms with Gasteiger partial charge in [0.2, 0.25) is 0 Å². The molecule has 1 aliphatic rings. The van der Waals surface area contributed by atoms with Gasteiger partial charge in [0.25, 0.3) is 0 Å². The van der Waals surface area contributed by atoms with Crippen molar-refractivity contribution in [3.05, 3.63) is 0 Å². The molecule has 0 spiro atoms. The van der Waals surface area contributed by atoms with E-state index < -0.39 is 0 Å². The topological polar surface area (TPSA) is 26.3 Å². The van der Waals surface area contributed by atoms with Gasteiger partial charge < -0.3 is 4.74 Å². The smallest absolute Gasteiger partial charge is 0.309 e. The van der Waals surface area contributed by atoms with Crippen LogP contribution in [0.4, 0.5) is 0 Å². The van der Waals surface area contributed by atoms with E-state index in [0.717, 1.165) is 12.8 Å². The van der Waals surface area contributed by atoms with Gasteiger partial charge in [0, 0.05) is 0 Å². The maximum Gasteiger partial charge on any atom is 0.309 e. The molecule has 0 aromatic heterocycles. The van der Waals surface area contributed by atoms with Gasteiger partial charge in [-0.2, -0.15) is 0 Å². The Hall–Kier alpha value is -0.530. The Labute approximate surface area is 74.3 Å². The van der Waals surface area contributed by atoms with Crippen LogP contribution in [0, 0.1) is 17.8 Å². The molecule has 2 nitrogen and oxygen atoms in total. The van der Waals surface area contributed by atoms with Crippen molar-refractivity contribution in [2.75, 3.05) is 6.61 Å². The van der Waals surface area contributed by atoms with E-state index in [4.69, 9.17) is 4.74 Å². The molecule has 2 unspecified atom stereocenters. The molecule has 1 saturated heterocycles. The fourth-order valence-electron chi connectivity index (χ4n) is 1.60. The summed E-state index contributed by atoms with van der Waals surface area (Å²) in [4.78, 5) is 11.4. The van der Waals surface area contributed by atoms with Gasteiger partial charge in [0.15, 0.2) is 0 Å². The first-order valence-electron chi connectivity index (χ1n) is 4.78. The molecule has 0 bridgehead atoms. The molecule has 1 aliphatic heterocycles. The molecule has 0 aromatic rings. The largest absolute Gasteiger partial charge is 0.465 e. The second kappa shape index (κ2) is 3.92. The molecule has 0 radical (unpaired) electrons. The summed E-state index contributed by atoms with van der Waals surface area (Å²) >= 11 is 0. The van der Waals surface area contributed by atoms with Crippen LogP contribution in [0.2, 0.25) is 0 Å². The number of hydrogen-bond acceptors (Lipinski definition) is 2. The molecule has 0 aliphatic carbocycles. The highest BCUT2D eigenvalue weighted by atomic mass is 16.5. The summed E-state index contributed by atoms with van der Waals surface area (Å²) in [5, 5.41) is 0. The highest BCUT2D eigenvalue weighted by Gasteiger charge is 2.27. The predicted molar refractivity (Wildman–Crippen MR) is 47.7 cm³/mol. The number of hydrogen-bond donors (Lipinski definition) is 0. The molecular weight excluding hydrogens is 152 g/mol. The number of ether oxygens (including phenoxy) is 1. The van der Waals surface area contributed by atoms with Gasteiger partial charge >= 0.3 is 5.97 Å². The maximum absolute atomic E-state index is 11.4. The Morgan fingerprint density at radius 3 is 2.67 bits per heavy atom. The normalized spacial score (nSPS) is 31.5. The van der Waals surface area contributed by atoms with Crippen molar-refractivity contribution >= 4 is 5.97 Å². The van der Waals surface area contributed by atoms with E-state index in [1.165, 1.54) is 0 Å². The van der Waals surface area contributed by atoms with Crippen LogP contribution in [0.25, 0.3) is 0 Å². The lowest BCUT2D eigenvalue weighted by molar-refractivity contribution is -0.149. The average molecular weight is 170 g/mol. The van der Waals surface area contributed by atoms with Crippen LogP contribution in [-0.2, 0) is 9.53 Å². The van der Waals surface area contributed by atoms with E-state index in [9.17, 15) is 4.79 Å². The van der Waals surface area contributed by atoms with Crippen LogP contribution >= 0.6 is 0 Å². The van der Waals surface area contributed by atoms with E-state index in [-0.39, 0.29) is 11.9 Å². The van der Waals surface area contributed by atoms with Crippen molar-refractivity contribution in [1.82, 2.24) is 0 Å². The van der Waals surface area contributed by atoms with Crippen molar-refractivity contribution in [3.8, 4) is 0 Å². The van der Waals surface area contributed by atoms with Gasteiger partial charge in [0.1, 0.15) is 0 Å². The lowest BCUT2D eigenvalue weighted by atomic mass is 9.90. The van der Waals surface area contributed by atoms with Crippen LogP contribution in [0.5, 0.6) is 0 Å². The van der Waals surface area contributed by atoms with E-state index in [2.05, 4.69) is 20.8 Å². The highest BCUT2D eigenvalue weighted by molar-refractivity contribution is 5.72. The van der Waals surface area contributed by atoms with Crippen LogP contribution in [0.15, 0.2) is 0 Å². The Bertz CT molecular complexity index is 163. The van der Waals surface area contributed by atoms with Crippen molar-refractivity contribution in [3.63, 3.8) is 0 Å². The zero-order valence-corrected chi connectivity index (χ0v) is 8.17. The Morgan fingerprint density at radius 1 is 1.42 bits per heavy atom. The molecule has 70 valence electrons. The number of cyclic esters (lactones) is 1. The summed E-state index contributed by atoms with van der Waals surface area (Å²) in [5.74, 6) is 1.10. The zero-order valence-electron chi connectivity index (χ0n) is 8.17. The highest BCUT2D eigenvalue weighted by Crippen LogP contribution is 2.25. The first-order valence-corrected chi connectivity index (χ1v) is 4.78. The molecule has 1 fully saturated rings.